The van der Waals surface area contributed by atoms with Gasteiger partial charge in [-0.1, -0.05) is 0 Å². The van der Waals surface area contributed by atoms with E-state index in [2.05, 4.69) is 21.8 Å². The second-order valence-corrected chi connectivity index (χ2v) is 7.32. The molecule has 1 fully saturated rings. The third-order valence-corrected chi connectivity index (χ3v) is 5.00. The first-order valence-corrected chi connectivity index (χ1v) is 9.18. The average molecular weight is 370 g/mol. The summed E-state index contributed by atoms with van der Waals surface area (Å²) in [6, 6.07) is 6.16. The normalized spacial score (nSPS) is 16.8. The number of aromatic amines is 1. The van der Waals surface area contributed by atoms with Crippen LogP contribution >= 0.6 is 0 Å². The van der Waals surface area contributed by atoms with Crippen LogP contribution in [0.2, 0.25) is 0 Å². The van der Waals surface area contributed by atoms with Crippen LogP contribution in [0, 0.1) is 5.82 Å². The molecule has 0 amide bonds. The molecule has 0 bridgehead atoms. The van der Waals surface area contributed by atoms with Crippen LogP contribution in [0.1, 0.15) is 32.5 Å². The van der Waals surface area contributed by atoms with Crippen molar-refractivity contribution in [3.05, 3.63) is 58.5 Å². The highest BCUT2D eigenvalue weighted by atomic mass is 19.1. The molecule has 0 radical (unpaired) electrons. The summed E-state index contributed by atoms with van der Waals surface area (Å²) in [5, 5.41) is 0. The summed E-state index contributed by atoms with van der Waals surface area (Å²) in [5.74, 6) is 0.317. The van der Waals surface area contributed by atoms with Gasteiger partial charge in [0.15, 0.2) is 0 Å². The number of imidazole rings is 1. The number of rotatable bonds is 5. The summed E-state index contributed by atoms with van der Waals surface area (Å²) >= 11 is 0. The number of aromatic nitrogens is 3. The van der Waals surface area contributed by atoms with Gasteiger partial charge in [-0.2, -0.15) is 0 Å². The number of hydrogen-bond acceptors (Lipinski definition) is 4. The fourth-order valence-corrected chi connectivity index (χ4v) is 3.50. The molecule has 1 aromatic carbocycles. The van der Waals surface area contributed by atoms with Crippen molar-refractivity contribution in [2.24, 2.45) is 0 Å². The highest BCUT2D eigenvalue weighted by molar-refractivity contribution is 5.61. The fourth-order valence-electron chi connectivity index (χ4n) is 3.50. The molecule has 3 heterocycles. The van der Waals surface area contributed by atoms with E-state index in [1.807, 2.05) is 20.0 Å². The molecule has 0 saturated carbocycles. The second-order valence-electron chi connectivity index (χ2n) is 7.32. The molecule has 0 spiro atoms. The number of likely N-dealkylation sites (tertiary alicyclic amines) is 1. The molecule has 4 rings (SSSR count). The van der Waals surface area contributed by atoms with Gasteiger partial charge in [-0.3, -0.25) is 14.1 Å². The van der Waals surface area contributed by atoms with Gasteiger partial charge >= 0.3 is 0 Å². The zero-order chi connectivity index (χ0) is 19.1. The van der Waals surface area contributed by atoms with Gasteiger partial charge in [0.05, 0.1) is 24.1 Å². The highest BCUT2D eigenvalue weighted by Gasteiger charge is 2.32. The number of fused-ring (bicyclic) bond motifs is 1. The van der Waals surface area contributed by atoms with Gasteiger partial charge in [0.1, 0.15) is 17.2 Å². The third kappa shape index (κ3) is 3.40. The molecule has 7 heteroatoms. The minimum absolute atomic E-state index is 0.0533. The Morgan fingerprint density at radius 3 is 2.59 bits per heavy atom. The molecule has 6 nitrogen and oxygen atoms in total. The summed E-state index contributed by atoms with van der Waals surface area (Å²) < 4.78 is 20.8. The van der Waals surface area contributed by atoms with E-state index in [9.17, 15) is 9.18 Å². The first kappa shape index (κ1) is 17.9. The Labute approximate surface area is 156 Å². The van der Waals surface area contributed by atoms with Crippen molar-refractivity contribution < 1.29 is 9.13 Å². The average Bonchev–Trinajstić information content (AvgIpc) is 3.02. The van der Waals surface area contributed by atoms with E-state index in [0.29, 0.717) is 11.3 Å². The lowest BCUT2D eigenvalue weighted by Gasteiger charge is -2.43. The van der Waals surface area contributed by atoms with Crippen LogP contribution in [0.5, 0.6) is 0 Å². The smallest absolute Gasteiger partial charge is 0.274 e. The summed E-state index contributed by atoms with van der Waals surface area (Å²) in [6.07, 6.45) is 3.91. The number of hydrogen-bond donors (Lipinski definition) is 1. The van der Waals surface area contributed by atoms with Crippen LogP contribution in [0.15, 0.2) is 41.5 Å². The Hall–Kier alpha value is -2.51. The first-order chi connectivity index (χ1) is 12.9. The van der Waals surface area contributed by atoms with E-state index in [-0.39, 0.29) is 29.6 Å². The maximum absolute atomic E-state index is 13.2. The summed E-state index contributed by atoms with van der Waals surface area (Å²) in [6.45, 7) is 7.82. The molecule has 1 aliphatic rings. The van der Waals surface area contributed by atoms with E-state index in [1.165, 1.54) is 12.1 Å². The predicted octanol–water partition coefficient (Wildman–Crippen LogP) is 3.00. The van der Waals surface area contributed by atoms with Crippen molar-refractivity contribution in [1.29, 1.82) is 0 Å². The van der Waals surface area contributed by atoms with E-state index in [4.69, 9.17) is 4.74 Å². The van der Waals surface area contributed by atoms with Crippen LogP contribution < -0.4 is 5.56 Å². The highest BCUT2D eigenvalue weighted by Crippen LogP contribution is 2.27. The molecule has 1 atom stereocenters. The largest absolute Gasteiger partial charge is 0.373 e. The van der Waals surface area contributed by atoms with Crippen LogP contribution in [0.3, 0.4) is 0 Å². The molecule has 1 N–H and O–H groups in total. The van der Waals surface area contributed by atoms with Crippen molar-refractivity contribution >= 4 is 5.52 Å². The Morgan fingerprint density at radius 1 is 1.22 bits per heavy atom. The molecule has 1 aliphatic heterocycles. The van der Waals surface area contributed by atoms with Gasteiger partial charge in [-0.15, -0.1) is 0 Å². The van der Waals surface area contributed by atoms with Crippen molar-refractivity contribution in [3.8, 4) is 11.4 Å². The fraction of sp³-hybridized carbons (Fsp3) is 0.400. The van der Waals surface area contributed by atoms with Crippen LogP contribution in [-0.2, 0) is 4.74 Å². The molecule has 1 saturated heterocycles. The second kappa shape index (κ2) is 6.90. The SMILES string of the molecule is CC(C)OC1CN(C(C)c2cn3c(-c4ccc(F)cc4)ncc3c(=O)[nH]2)C1. The van der Waals surface area contributed by atoms with Crippen molar-refractivity contribution in [3.63, 3.8) is 0 Å². The number of nitrogens with one attached hydrogen (secondary N) is 1. The number of nitrogens with zero attached hydrogens (tertiary/aromatic N) is 3. The Morgan fingerprint density at radius 2 is 1.93 bits per heavy atom. The van der Waals surface area contributed by atoms with Gasteiger partial charge in [0, 0.05) is 30.9 Å². The molecular formula is C20H23FN4O2. The van der Waals surface area contributed by atoms with E-state index in [0.717, 1.165) is 24.3 Å². The maximum atomic E-state index is 13.2. The molecule has 3 aromatic rings. The molecule has 0 aliphatic carbocycles. The lowest BCUT2D eigenvalue weighted by molar-refractivity contribution is -0.0938. The van der Waals surface area contributed by atoms with E-state index < -0.39 is 0 Å². The van der Waals surface area contributed by atoms with E-state index >= 15 is 0 Å². The lowest BCUT2D eigenvalue weighted by atomic mass is 10.1. The molecule has 27 heavy (non-hydrogen) atoms. The molecular weight excluding hydrogens is 347 g/mol. The number of H-pyrrole nitrogens is 1. The van der Waals surface area contributed by atoms with Gasteiger partial charge < -0.3 is 9.72 Å². The quantitative estimate of drug-likeness (QED) is 0.750. The van der Waals surface area contributed by atoms with Gasteiger partial charge in [0.2, 0.25) is 0 Å². The minimum Gasteiger partial charge on any atom is -0.373 e. The van der Waals surface area contributed by atoms with Gasteiger partial charge in [-0.25, -0.2) is 9.37 Å². The topological polar surface area (TPSA) is 62.6 Å². The van der Waals surface area contributed by atoms with Crippen LogP contribution in [-0.4, -0.2) is 44.6 Å². The zero-order valence-corrected chi connectivity index (χ0v) is 15.6. The van der Waals surface area contributed by atoms with Crippen molar-refractivity contribution in [2.45, 2.75) is 39.0 Å². The summed E-state index contributed by atoms with van der Waals surface area (Å²) in [4.78, 5) is 22.1. The Balaban J connectivity index is 1.64. The standard InChI is InChI=1S/C20H23FN4O2/c1-12(2)27-16-9-24(10-16)13(3)17-11-25-18(20(26)23-17)8-22-19(25)14-4-6-15(21)7-5-14/h4-8,11-13,16H,9-10H2,1-3H3,(H,23,26). The molecule has 142 valence electrons. The molecule has 2 aromatic heterocycles. The van der Waals surface area contributed by atoms with Crippen molar-refractivity contribution in [2.75, 3.05) is 13.1 Å². The van der Waals surface area contributed by atoms with Gasteiger partial charge in [0.25, 0.3) is 5.56 Å². The minimum atomic E-state index is -0.303. The first-order valence-electron chi connectivity index (χ1n) is 9.18. The zero-order valence-electron chi connectivity index (χ0n) is 15.6. The lowest BCUT2D eigenvalue weighted by Crippen LogP contribution is -2.53. The summed E-state index contributed by atoms with van der Waals surface area (Å²) in [5.41, 5.74) is 1.86. The maximum Gasteiger partial charge on any atom is 0.274 e. The van der Waals surface area contributed by atoms with Gasteiger partial charge in [-0.05, 0) is 45.0 Å². The van der Waals surface area contributed by atoms with E-state index in [1.54, 1.807) is 22.7 Å². The third-order valence-electron chi connectivity index (χ3n) is 5.00. The van der Waals surface area contributed by atoms with Crippen molar-refractivity contribution in [1.82, 2.24) is 19.3 Å². The molecule has 1 unspecified atom stereocenters. The number of halogens is 1. The predicted molar refractivity (Wildman–Crippen MR) is 101 cm³/mol. The van der Waals surface area contributed by atoms with Crippen LogP contribution in [0.25, 0.3) is 16.9 Å². The van der Waals surface area contributed by atoms with Crippen LogP contribution in [0.4, 0.5) is 4.39 Å². The number of benzene rings is 1. The Kier molecular flexibility index (Phi) is 4.57. The summed E-state index contributed by atoms with van der Waals surface area (Å²) in [7, 11) is 0. The monoisotopic (exact) mass is 370 g/mol. The Bertz CT molecular complexity index is 1000. The number of ether oxygens (including phenoxy) is 1.